The molecule has 4 amide bonds. The zero-order valence-electron chi connectivity index (χ0n) is 31.9. The summed E-state index contributed by atoms with van der Waals surface area (Å²) in [4.78, 5) is 62.0. The summed E-state index contributed by atoms with van der Waals surface area (Å²) in [7, 11) is -3.90. The Labute approximate surface area is 317 Å². The number of hydrogen-bond acceptors (Lipinski definition) is 10. The molecule has 1 aromatic carbocycles. The van der Waals surface area contributed by atoms with Gasteiger partial charge in [0.1, 0.15) is 35.1 Å². The lowest BCUT2D eigenvalue weighted by Crippen LogP contribution is -2.59. The van der Waals surface area contributed by atoms with Crippen LogP contribution in [0.4, 0.5) is 4.79 Å². The average Bonchev–Trinajstić information content (AvgIpc) is 4.01. The molecule has 2 aliphatic heterocycles. The van der Waals surface area contributed by atoms with E-state index in [-0.39, 0.29) is 31.2 Å². The van der Waals surface area contributed by atoms with Crippen LogP contribution in [0.1, 0.15) is 86.5 Å². The summed E-state index contributed by atoms with van der Waals surface area (Å²) in [6.45, 7) is 11.6. The SMILES string of the molecule is CCOc1ccc2c(O[C@@H]3C[C@H]4C(=O)N[C@]5(C(=O)NS(=O)(=O)C6CC6)C[C@H]5/C=C\CC[C@@H](C)C[C@@H](C)[C@H](NC(=O)OC(C)(C)C)C(=O)N4C3)nccc2c1. The first-order valence-corrected chi connectivity index (χ1v) is 20.6. The van der Waals surface area contributed by atoms with E-state index in [0.29, 0.717) is 49.3 Å². The van der Waals surface area contributed by atoms with Gasteiger partial charge in [0.25, 0.3) is 5.91 Å². The van der Waals surface area contributed by atoms with E-state index < -0.39 is 74.3 Å². The number of nitrogens with zero attached hydrogens (tertiary/aromatic N) is 2. The normalized spacial score (nSPS) is 29.8. The van der Waals surface area contributed by atoms with Crippen LogP contribution in [0.15, 0.2) is 42.6 Å². The first-order valence-electron chi connectivity index (χ1n) is 19.0. The van der Waals surface area contributed by atoms with Gasteiger partial charge in [-0.15, -0.1) is 0 Å². The summed E-state index contributed by atoms with van der Waals surface area (Å²) in [6.07, 6.45) is 7.25. The first kappa shape index (κ1) is 39.3. The summed E-state index contributed by atoms with van der Waals surface area (Å²) in [5, 5.41) is 6.62. The third-order valence-corrected chi connectivity index (χ3v) is 12.4. The zero-order valence-corrected chi connectivity index (χ0v) is 32.7. The van der Waals surface area contributed by atoms with Gasteiger partial charge in [-0.1, -0.05) is 26.0 Å². The molecule has 2 aromatic rings. The third kappa shape index (κ3) is 8.93. The molecule has 3 N–H and O–H groups in total. The minimum atomic E-state index is -3.90. The van der Waals surface area contributed by atoms with Crippen molar-refractivity contribution >= 4 is 44.6 Å². The lowest BCUT2D eigenvalue weighted by Gasteiger charge is -2.33. The van der Waals surface area contributed by atoms with Crippen molar-refractivity contribution in [3.05, 3.63) is 42.6 Å². The molecule has 15 heteroatoms. The Morgan fingerprint density at radius 2 is 1.85 bits per heavy atom. The smallest absolute Gasteiger partial charge is 0.408 e. The van der Waals surface area contributed by atoms with Crippen molar-refractivity contribution in [2.24, 2.45) is 17.8 Å². The van der Waals surface area contributed by atoms with E-state index >= 15 is 0 Å². The number of allylic oxidation sites excluding steroid dienone is 1. The maximum Gasteiger partial charge on any atom is 0.408 e. The predicted molar refractivity (Wildman–Crippen MR) is 201 cm³/mol. The Kier molecular flexibility index (Phi) is 11.2. The minimum Gasteiger partial charge on any atom is -0.494 e. The second kappa shape index (κ2) is 15.4. The lowest BCUT2D eigenvalue weighted by atomic mass is 9.88. The minimum absolute atomic E-state index is 0.0145. The van der Waals surface area contributed by atoms with E-state index in [1.54, 1.807) is 27.0 Å². The molecular weight excluding hydrogens is 715 g/mol. The van der Waals surface area contributed by atoms with Crippen molar-refractivity contribution in [3.63, 3.8) is 0 Å². The zero-order chi connectivity index (χ0) is 39.0. The number of carbonyl (C=O) groups is 4. The summed E-state index contributed by atoms with van der Waals surface area (Å²) in [6, 6.07) is 5.22. The molecule has 0 unspecified atom stereocenters. The van der Waals surface area contributed by atoms with Gasteiger partial charge in [-0.3, -0.25) is 19.1 Å². The van der Waals surface area contributed by atoms with Gasteiger partial charge in [0.15, 0.2) is 0 Å². The number of ether oxygens (including phenoxy) is 3. The molecule has 294 valence electrons. The third-order valence-electron chi connectivity index (χ3n) is 10.6. The molecule has 3 heterocycles. The van der Waals surface area contributed by atoms with Crippen LogP contribution in [-0.2, 0) is 29.1 Å². The van der Waals surface area contributed by atoms with Crippen LogP contribution < -0.4 is 24.8 Å². The lowest BCUT2D eigenvalue weighted by molar-refractivity contribution is -0.142. The van der Waals surface area contributed by atoms with Crippen molar-refractivity contribution in [1.82, 2.24) is 25.2 Å². The van der Waals surface area contributed by atoms with Gasteiger partial charge in [0, 0.05) is 23.9 Å². The number of pyridine rings is 1. The van der Waals surface area contributed by atoms with Crippen molar-refractivity contribution in [2.45, 2.75) is 121 Å². The Morgan fingerprint density at radius 1 is 1.09 bits per heavy atom. The van der Waals surface area contributed by atoms with Crippen molar-refractivity contribution in [1.29, 1.82) is 0 Å². The monoisotopic (exact) mass is 767 g/mol. The molecule has 2 saturated carbocycles. The summed E-state index contributed by atoms with van der Waals surface area (Å²) in [5.74, 6) is -1.51. The number of amides is 4. The number of hydrogen-bond donors (Lipinski definition) is 3. The predicted octanol–water partition coefficient (Wildman–Crippen LogP) is 4.37. The van der Waals surface area contributed by atoms with E-state index in [2.05, 4.69) is 27.3 Å². The van der Waals surface area contributed by atoms with Gasteiger partial charge in [0.05, 0.1) is 18.4 Å². The maximum absolute atomic E-state index is 14.7. The highest BCUT2D eigenvalue weighted by Gasteiger charge is 2.62. The number of aromatic nitrogens is 1. The molecule has 3 fully saturated rings. The molecule has 6 rings (SSSR count). The van der Waals surface area contributed by atoms with Crippen LogP contribution in [0.3, 0.4) is 0 Å². The second-order valence-corrected chi connectivity index (χ2v) is 18.3. The highest BCUT2D eigenvalue weighted by molar-refractivity contribution is 7.91. The van der Waals surface area contributed by atoms with E-state index in [4.69, 9.17) is 14.2 Å². The topological polar surface area (TPSA) is 182 Å². The molecular formula is C39H53N5O9S. The number of rotatable bonds is 8. The molecule has 2 aliphatic carbocycles. The molecule has 7 atom stereocenters. The number of benzene rings is 1. The quantitative estimate of drug-likeness (QED) is 0.327. The van der Waals surface area contributed by atoms with E-state index in [1.807, 2.05) is 50.3 Å². The van der Waals surface area contributed by atoms with Crippen LogP contribution in [0.5, 0.6) is 11.6 Å². The number of nitrogens with one attached hydrogen (secondary N) is 3. The molecule has 14 nitrogen and oxygen atoms in total. The summed E-state index contributed by atoms with van der Waals surface area (Å²) < 4.78 is 45.6. The summed E-state index contributed by atoms with van der Waals surface area (Å²) in [5.41, 5.74) is -2.33. The number of alkyl carbamates (subject to hydrolysis) is 1. The molecule has 4 aliphatic rings. The van der Waals surface area contributed by atoms with E-state index in [1.165, 1.54) is 4.90 Å². The Morgan fingerprint density at radius 3 is 2.56 bits per heavy atom. The van der Waals surface area contributed by atoms with Gasteiger partial charge in [0.2, 0.25) is 27.7 Å². The fourth-order valence-electron chi connectivity index (χ4n) is 7.57. The van der Waals surface area contributed by atoms with E-state index in [9.17, 15) is 27.6 Å². The summed E-state index contributed by atoms with van der Waals surface area (Å²) >= 11 is 0. The fraction of sp³-hybridized carbons (Fsp3) is 0.615. The van der Waals surface area contributed by atoms with E-state index in [0.717, 1.165) is 11.8 Å². The van der Waals surface area contributed by atoms with Gasteiger partial charge >= 0.3 is 6.09 Å². The van der Waals surface area contributed by atoms with Gasteiger partial charge < -0.3 is 29.7 Å². The highest BCUT2D eigenvalue weighted by atomic mass is 32.2. The molecule has 0 spiro atoms. The number of fused-ring (bicyclic) bond motifs is 3. The highest BCUT2D eigenvalue weighted by Crippen LogP contribution is 2.46. The van der Waals surface area contributed by atoms with Gasteiger partial charge in [-0.2, -0.15) is 0 Å². The largest absolute Gasteiger partial charge is 0.494 e. The first-order chi connectivity index (χ1) is 25.5. The fourth-order valence-corrected chi connectivity index (χ4v) is 8.93. The van der Waals surface area contributed by atoms with Crippen molar-refractivity contribution in [3.8, 4) is 11.6 Å². The van der Waals surface area contributed by atoms with Crippen LogP contribution in [0, 0.1) is 17.8 Å². The number of sulfonamides is 1. The Hall–Kier alpha value is -4.40. The number of carbonyl (C=O) groups excluding carboxylic acids is 4. The van der Waals surface area contributed by atoms with Crippen LogP contribution in [0.25, 0.3) is 10.8 Å². The van der Waals surface area contributed by atoms with Gasteiger partial charge in [-0.25, -0.2) is 18.2 Å². The van der Waals surface area contributed by atoms with Crippen LogP contribution in [-0.4, -0.2) is 89.8 Å². The maximum atomic E-state index is 14.7. The second-order valence-electron chi connectivity index (χ2n) is 16.3. The molecule has 1 aromatic heterocycles. The van der Waals surface area contributed by atoms with Crippen molar-refractivity contribution < 1.29 is 41.8 Å². The van der Waals surface area contributed by atoms with Crippen LogP contribution >= 0.6 is 0 Å². The van der Waals surface area contributed by atoms with Gasteiger partial charge in [-0.05, 0) is 108 Å². The van der Waals surface area contributed by atoms with Crippen molar-refractivity contribution in [2.75, 3.05) is 13.2 Å². The standard InChI is InChI=1S/C39H53N5O9S/c1-7-51-27-12-15-30-25(19-27)16-17-40-34(30)52-28-20-31-33(45)42-39(36(47)43-54(49,50)29-13-14-29)21-26(39)11-9-8-10-23(2)18-24(3)32(35(46)44(31)22-28)41-37(48)53-38(4,5)6/h9,11-12,15-17,19,23-24,26,28-29,31-32H,7-8,10,13-14,18,20-22H2,1-6H3,(H,41,48)(H,42,45)(H,43,47)/b11-9-/t23-,24-,26-,28-,31+,32+,39-/m1/s1. The molecule has 0 bridgehead atoms. The van der Waals surface area contributed by atoms with Crippen LogP contribution in [0.2, 0.25) is 0 Å². The Bertz CT molecular complexity index is 1910. The average molecular weight is 768 g/mol. The molecule has 0 radical (unpaired) electrons. The molecule has 54 heavy (non-hydrogen) atoms. The molecule has 1 saturated heterocycles. The Balaban J connectivity index is 1.34.